The summed E-state index contributed by atoms with van der Waals surface area (Å²) in [4.78, 5) is 23.0. The molecular formula is C14H21N3O2. The Kier molecular flexibility index (Phi) is 6.60. The number of nitrogens with two attached hydrogens (primary N) is 1. The normalized spacial score (nSPS) is 11.7. The van der Waals surface area contributed by atoms with Gasteiger partial charge in [0.05, 0.1) is 12.6 Å². The zero-order valence-electron chi connectivity index (χ0n) is 11.2. The molecule has 104 valence electrons. The van der Waals surface area contributed by atoms with E-state index in [2.05, 4.69) is 10.6 Å². The van der Waals surface area contributed by atoms with E-state index in [1.807, 2.05) is 37.3 Å². The third-order valence-corrected chi connectivity index (χ3v) is 2.63. The highest BCUT2D eigenvalue weighted by Gasteiger charge is 2.14. The molecule has 5 heteroatoms. The standard InChI is InChI=1S/C14H21N3O2/c1-2-8-16-13(18)10-17-14(19)12(15)9-11-6-4-3-5-7-11/h3-7,12H,2,8-10,15H2,1H3,(H,16,18)(H,17,19)/t12-/m0/s1. The zero-order chi connectivity index (χ0) is 14.1. The monoisotopic (exact) mass is 263 g/mol. The molecule has 0 aliphatic heterocycles. The highest BCUT2D eigenvalue weighted by atomic mass is 16.2. The molecule has 5 nitrogen and oxygen atoms in total. The van der Waals surface area contributed by atoms with Gasteiger partial charge in [0.1, 0.15) is 0 Å². The predicted molar refractivity (Wildman–Crippen MR) is 74.4 cm³/mol. The van der Waals surface area contributed by atoms with Crippen molar-refractivity contribution in [1.82, 2.24) is 10.6 Å². The molecule has 0 spiro atoms. The molecule has 1 rings (SSSR count). The molecular weight excluding hydrogens is 242 g/mol. The fraction of sp³-hybridized carbons (Fsp3) is 0.429. The first kappa shape index (κ1) is 15.2. The second kappa shape index (κ2) is 8.26. The largest absolute Gasteiger partial charge is 0.355 e. The van der Waals surface area contributed by atoms with Crippen LogP contribution in [0.25, 0.3) is 0 Å². The summed E-state index contributed by atoms with van der Waals surface area (Å²) in [5.41, 5.74) is 6.79. The molecule has 0 fully saturated rings. The number of nitrogens with one attached hydrogen (secondary N) is 2. The maximum absolute atomic E-state index is 11.7. The number of benzene rings is 1. The summed E-state index contributed by atoms with van der Waals surface area (Å²) >= 11 is 0. The lowest BCUT2D eigenvalue weighted by molar-refractivity contribution is -0.126. The van der Waals surface area contributed by atoms with E-state index in [9.17, 15) is 9.59 Å². The van der Waals surface area contributed by atoms with E-state index in [-0.39, 0.29) is 18.4 Å². The minimum absolute atomic E-state index is 0.0265. The van der Waals surface area contributed by atoms with Gasteiger partial charge in [0.25, 0.3) is 0 Å². The molecule has 0 saturated heterocycles. The second-order valence-corrected chi connectivity index (χ2v) is 4.36. The van der Waals surface area contributed by atoms with Crippen molar-refractivity contribution in [3.8, 4) is 0 Å². The van der Waals surface area contributed by atoms with Crippen LogP contribution in [0.5, 0.6) is 0 Å². The van der Waals surface area contributed by atoms with Crippen LogP contribution in [0.1, 0.15) is 18.9 Å². The van der Waals surface area contributed by atoms with Crippen LogP contribution in [-0.4, -0.2) is 30.9 Å². The molecule has 1 aromatic rings. The molecule has 0 heterocycles. The van der Waals surface area contributed by atoms with Gasteiger partial charge < -0.3 is 16.4 Å². The highest BCUT2D eigenvalue weighted by Crippen LogP contribution is 2.01. The van der Waals surface area contributed by atoms with Gasteiger partial charge in [0.2, 0.25) is 11.8 Å². The minimum atomic E-state index is -0.638. The topological polar surface area (TPSA) is 84.2 Å². The third-order valence-electron chi connectivity index (χ3n) is 2.63. The van der Waals surface area contributed by atoms with Crippen molar-refractivity contribution < 1.29 is 9.59 Å². The first-order chi connectivity index (χ1) is 9.13. The number of carbonyl (C=O) groups excluding carboxylic acids is 2. The zero-order valence-corrected chi connectivity index (χ0v) is 11.2. The van der Waals surface area contributed by atoms with Crippen molar-refractivity contribution in [2.24, 2.45) is 5.73 Å². The Morgan fingerprint density at radius 1 is 1.21 bits per heavy atom. The predicted octanol–water partition coefficient (Wildman–Crippen LogP) is 0.199. The van der Waals surface area contributed by atoms with Gasteiger partial charge in [-0.2, -0.15) is 0 Å². The summed E-state index contributed by atoms with van der Waals surface area (Å²) in [5, 5.41) is 5.22. The van der Waals surface area contributed by atoms with Gasteiger partial charge in [0, 0.05) is 6.54 Å². The van der Waals surface area contributed by atoms with E-state index in [0.717, 1.165) is 12.0 Å². The van der Waals surface area contributed by atoms with Gasteiger partial charge in [0.15, 0.2) is 0 Å². The number of rotatable bonds is 7. The molecule has 1 atom stereocenters. The smallest absolute Gasteiger partial charge is 0.239 e. The van der Waals surface area contributed by atoms with Crippen LogP contribution in [0.2, 0.25) is 0 Å². The van der Waals surface area contributed by atoms with Crippen LogP contribution in [0.3, 0.4) is 0 Å². The second-order valence-electron chi connectivity index (χ2n) is 4.36. The maximum Gasteiger partial charge on any atom is 0.239 e. The number of amides is 2. The van der Waals surface area contributed by atoms with Crippen LogP contribution in [0.15, 0.2) is 30.3 Å². The Balaban J connectivity index is 2.31. The molecule has 0 aliphatic rings. The fourth-order valence-corrected chi connectivity index (χ4v) is 1.59. The van der Waals surface area contributed by atoms with Crippen LogP contribution in [-0.2, 0) is 16.0 Å². The molecule has 0 bridgehead atoms. The Labute approximate surface area is 113 Å². The molecule has 1 aromatic carbocycles. The summed E-state index contributed by atoms with van der Waals surface area (Å²) in [5.74, 6) is -0.502. The Bertz CT molecular complexity index is 406. The molecule has 0 aromatic heterocycles. The van der Waals surface area contributed by atoms with Crippen molar-refractivity contribution in [3.05, 3.63) is 35.9 Å². The summed E-state index contributed by atoms with van der Waals surface area (Å²) in [6, 6.07) is 8.91. The van der Waals surface area contributed by atoms with Gasteiger partial charge in [-0.05, 0) is 18.4 Å². The van der Waals surface area contributed by atoms with E-state index < -0.39 is 6.04 Å². The molecule has 0 unspecified atom stereocenters. The van der Waals surface area contributed by atoms with Crippen LogP contribution >= 0.6 is 0 Å². The van der Waals surface area contributed by atoms with Crippen LogP contribution in [0.4, 0.5) is 0 Å². The minimum Gasteiger partial charge on any atom is -0.355 e. The van der Waals surface area contributed by atoms with Gasteiger partial charge in [-0.3, -0.25) is 9.59 Å². The SMILES string of the molecule is CCCNC(=O)CNC(=O)[C@@H](N)Cc1ccccc1. The Morgan fingerprint density at radius 3 is 2.53 bits per heavy atom. The molecule has 2 amide bonds. The first-order valence-corrected chi connectivity index (χ1v) is 6.47. The van der Waals surface area contributed by atoms with E-state index in [1.165, 1.54) is 0 Å². The van der Waals surface area contributed by atoms with E-state index in [1.54, 1.807) is 0 Å². The lowest BCUT2D eigenvalue weighted by atomic mass is 10.1. The Hall–Kier alpha value is -1.88. The van der Waals surface area contributed by atoms with E-state index in [0.29, 0.717) is 13.0 Å². The Morgan fingerprint density at radius 2 is 1.89 bits per heavy atom. The quantitative estimate of drug-likeness (QED) is 0.657. The van der Waals surface area contributed by atoms with Crippen LogP contribution < -0.4 is 16.4 Å². The highest BCUT2D eigenvalue weighted by molar-refractivity contribution is 5.87. The van der Waals surface area contributed by atoms with Crippen LogP contribution in [0, 0.1) is 0 Å². The number of hydrogen-bond donors (Lipinski definition) is 3. The van der Waals surface area contributed by atoms with Gasteiger partial charge in [-0.15, -0.1) is 0 Å². The average Bonchev–Trinajstić information content (AvgIpc) is 2.43. The lowest BCUT2D eigenvalue weighted by Gasteiger charge is -2.12. The summed E-state index contributed by atoms with van der Waals surface area (Å²) in [6.07, 6.45) is 1.33. The first-order valence-electron chi connectivity index (χ1n) is 6.47. The molecule has 0 radical (unpaired) electrons. The van der Waals surface area contributed by atoms with Crippen molar-refractivity contribution in [2.75, 3.05) is 13.1 Å². The van der Waals surface area contributed by atoms with Gasteiger partial charge >= 0.3 is 0 Å². The molecule has 19 heavy (non-hydrogen) atoms. The fourth-order valence-electron chi connectivity index (χ4n) is 1.59. The summed E-state index contributed by atoms with van der Waals surface area (Å²) in [6.45, 7) is 2.56. The van der Waals surface area contributed by atoms with Crippen molar-refractivity contribution in [2.45, 2.75) is 25.8 Å². The van der Waals surface area contributed by atoms with E-state index >= 15 is 0 Å². The lowest BCUT2D eigenvalue weighted by Crippen LogP contribution is -2.45. The number of hydrogen-bond acceptors (Lipinski definition) is 3. The average molecular weight is 263 g/mol. The number of carbonyl (C=O) groups is 2. The van der Waals surface area contributed by atoms with Gasteiger partial charge in [-0.1, -0.05) is 37.3 Å². The molecule has 0 saturated carbocycles. The van der Waals surface area contributed by atoms with Gasteiger partial charge in [-0.25, -0.2) is 0 Å². The molecule has 4 N–H and O–H groups in total. The van der Waals surface area contributed by atoms with Crippen molar-refractivity contribution in [1.29, 1.82) is 0 Å². The maximum atomic E-state index is 11.7. The van der Waals surface area contributed by atoms with Crippen molar-refractivity contribution in [3.63, 3.8) is 0 Å². The third kappa shape index (κ3) is 6.01. The van der Waals surface area contributed by atoms with E-state index in [4.69, 9.17) is 5.73 Å². The summed E-state index contributed by atoms with van der Waals surface area (Å²) < 4.78 is 0. The molecule has 0 aliphatic carbocycles. The summed E-state index contributed by atoms with van der Waals surface area (Å²) in [7, 11) is 0. The van der Waals surface area contributed by atoms with Crippen molar-refractivity contribution >= 4 is 11.8 Å².